The van der Waals surface area contributed by atoms with E-state index in [9.17, 15) is 9.59 Å². The minimum atomic E-state index is -0.137. The number of aryl methyl sites for hydroxylation is 1. The third-order valence-electron chi connectivity index (χ3n) is 6.32. The molecule has 0 radical (unpaired) electrons. The Morgan fingerprint density at radius 1 is 0.939 bits per heavy atom. The standard InChI is InChI=1S/C25H26N6O2/c1-29-21-8-7-19(16-18(21)6-9-24(29)32)28-25(33)20-4-2-3-5-22(20)30-12-14-31(15-13-30)23-17-26-10-11-27-23/h2-5,7-8,10-11,16-17H,6,9,12-15H2,1H3,(H,28,33). The van der Waals surface area contributed by atoms with Crippen LogP contribution in [0.2, 0.25) is 0 Å². The second-order valence-corrected chi connectivity index (χ2v) is 8.31. The molecule has 3 heterocycles. The first-order valence-electron chi connectivity index (χ1n) is 11.2. The van der Waals surface area contributed by atoms with Crippen LogP contribution in [0.5, 0.6) is 0 Å². The molecular weight excluding hydrogens is 416 g/mol. The number of anilines is 4. The highest BCUT2D eigenvalue weighted by molar-refractivity contribution is 6.08. The predicted octanol–water partition coefficient (Wildman–Crippen LogP) is 2.96. The number of piperazine rings is 1. The fourth-order valence-corrected chi connectivity index (χ4v) is 4.51. The summed E-state index contributed by atoms with van der Waals surface area (Å²) < 4.78 is 0. The van der Waals surface area contributed by atoms with Crippen LogP contribution in [0.1, 0.15) is 22.3 Å². The molecule has 0 spiro atoms. The van der Waals surface area contributed by atoms with Crippen LogP contribution in [0.15, 0.2) is 61.1 Å². The van der Waals surface area contributed by atoms with E-state index < -0.39 is 0 Å². The van der Waals surface area contributed by atoms with Crippen molar-refractivity contribution < 1.29 is 9.59 Å². The van der Waals surface area contributed by atoms with Gasteiger partial charge in [0.05, 0.1) is 11.8 Å². The monoisotopic (exact) mass is 442 g/mol. The van der Waals surface area contributed by atoms with Gasteiger partial charge in [0.25, 0.3) is 5.91 Å². The van der Waals surface area contributed by atoms with Gasteiger partial charge in [-0.25, -0.2) is 4.98 Å². The van der Waals surface area contributed by atoms with E-state index in [4.69, 9.17) is 0 Å². The molecule has 2 amide bonds. The van der Waals surface area contributed by atoms with Crippen molar-refractivity contribution in [3.05, 3.63) is 72.2 Å². The zero-order chi connectivity index (χ0) is 22.8. The molecule has 0 aliphatic carbocycles. The summed E-state index contributed by atoms with van der Waals surface area (Å²) in [6.45, 7) is 3.21. The molecule has 5 rings (SSSR count). The van der Waals surface area contributed by atoms with E-state index in [0.29, 0.717) is 18.4 Å². The van der Waals surface area contributed by atoms with Crippen LogP contribution in [-0.2, 0) is 11.2 Å². The fraction of sp³-hybridized carbons (Fsp3) is 0.280. The van der Waals surface area contributed by atoms with Crippen LogP contribution >= 0.6 is 0 Å². The molecule has 3 aromatic rings. The van der Waals surface area contributed by atoms with Crippen molar-refractivity contribution in [1.82, 2.24) is 9.97 Å². The number of carbonyl (C=O) groups excluding carboxylic acids is 2. The average molecular weight is 443 g/mol. The molecule has 1 aromatic heterocycles. The van der Waals surface area contributed by atoms with Crippen molar-refractivity contribution in [2.24, 2.45) is 0 Å². The van der Waals surface area contributed by atoms with Gasteiger partial charge in [-0.3, -0.25) is 14.6 Å². The van der Waals surface area contributed by atoms with Gasteiger partial charge in [0.2, 0.25) is 5.91 Å². The number of carbonyl (C=O) groups is 2. The number of amides is 2. The predicted molar refractivity (Wildman–Crippen MR) is 129 cm³/mol. The molecule has 33 heavy (non-hydrogen) atoms. The molecule has 0 unspecified atom stereocenters. The van der Waals surface area contributed by atoms with Crippen LogP contribution in [-0.4, -0.2) is 55.0 Å². The van der Waals surface area contributed by atoms with Crippen molar-refractivity contribution in [1.29, 1.82) is 0 Å². The van der Waals surface area contributed by atoms with E-state index in [1.165, 1.54) is 0 Å². The molecule has 0 atom stereocenters. The maximum atomic E-state index is 13.2. The van der Waals surface area contributed by atoms with Gasteiger partial charge in [-0.15, -0.1) is 0 Å². The summed E-state index contributed by atoms with van der Waals surface area (Å²) in [5, 5.41) is 3.05. The van der Waals surface area contributed by atoms with E-state index in [2.05, 4.69) is 25.1 Å². The number of hydrogen-bond donors (Lipinski definition) is 1. The Bertz CT molecular complexity index is 1170. The smallest absolute Gasteiger partial charge is 0.257 e. The van der Waals surface area contributed by atoms with Gasteiger partial charge < -0.3 is 20.0 Å². The van der Waals surface area contributed by atoms with Crippen molar-refractivity contribution in [3.63, 3.8) is 0 Å². The van der Waals surface area contributed by atoms with Gasteiger partial charge in [0.15, 0.2) is 0 Å². The second kappa shape index (κ2) is 8.90. The summed E-state index contributed by atoms with van der Waals surface area (Å²) in [6.07, 6.45) is 6.34. The number of benzene rings is 2. The number of aromatic nitrogens is 2. The molecule has 1 fully saturated rings. The SMILES string of the molecule is CN1C(=O)CCc2cc(NC(=O)c3ccccc3N3CCN(c4cnccn4)CC3)ccc21. The van der Waals surface area contributed by atoms with Gasteiger partial charge in [0.1, 0.15) is 5.82 Å². The highest BCUT2D eigenvalue weighted by Gasteiger charge is 2.24. The molecule has 1 saturated heterocycles. The zero-order valence-electron chi connectivity index (χ0n) is 18.6. The van der Waals surface area contributed by atoms with Gasteiger partial charge >= 0.3 is 0 Å². The quantitative estimate of drug-likeness (QED) is 0.669. The number of nitrogens with zero attached hydrogens (tertiary/aromatic N) is 5. The molecule has 0 bridgehead atoms. The van der Waals surface area contributed by atoms with Crippen LogP contribution in [0, 0.1) is 0 Å². The molecule has 8 heteroatoms. The van der Waals surface area contributed by atoms with E-state index in [0.717, 1.165) is 54.6 Å². The van der Waals surface area contributed by atoms with Gasteiger partial charge in [-0.1, -0.05) is 12.1 Å². The van der Waals surface area contributed by atoms with E-state index in [-0.39, 0.29) is 11.8 Å². The highest BCUT2D eigenvalue weighted by atomic mass is 16.2. The molecule has 2 aliphatic rings. The number of hydrogen-bond acceptors (Lipinski definition) is 6. The van der Waals surface area contributed by atoms with Crippen molar-refractivity contribution in [3.8, 4) is 0 Å². The van der Waals surface area contributed by atoms with E-state index >= 15 is 0 Å². The number of nitrogens with one attached hydrogen (secondary N) is 1. The van der Waals surface area contributed by atoms with Crippen LogP contribution < -0.4 is 20.0 Å². The fourth-order valence-electron chi connectivity index (χ4n) is 4.51. The third-order valence-corrected chi connectivity index (χ3v) is 6.32. The average Bonchev–Trinajstić information content (AvgIpc) is 2.87. The van der Waals surface area contributed by atoms with Crippen molar-refractivity contribution >= 4 is 34.7 Å². The normalized spacial score (nSPS) is 15.9. The Balaban J connectivity index is 1.30. The van der Waals surface area contributed by atoms with Crippen molar-refractivity contribution in [2.45, 2.75) is 12.8 Å². The molecule has 0 saturated carbocycles. The lowest BCUT2D eigenvalue weighted by atomic mass is 10.0. The lowest BCUT2D eigenvalue weighted by Crippen LogP contribution is -2.47. The number of fused-ring (bicyclic) bond motifs is 1. The largest absolute Gasteiger partial charge is 0.367 e. The Morgan fingerprint density at radius 2 is 1.73 bits per heavy atom. The first-order chi connectivity index (χ1) is 16.1. The zero-order valence-corrected chi connectivity index (χ0v) is 18.6. The first-order valence-corrected chi connectivity index (χ1v) is 11.2. The van der Waals surface area contributed by atoms with Gasteiger partial charge in [-0.2, -0.15) is 0 Å². The molecular formula is C25H26N6O2. The maximum Gasteiger partial charge on any atom is 0.257 e. The van der Waals surface area contributed by atoms with Gasteiger partial charge in [0, 0.05) is 69.1 Å². The van der Waals surface area contributed by atoms with E-state index in [1.54, 1.807) is 30.5 Å². The maximum absolute atomic E-state index is 13.2. The second-order valence-electron chi connectivity index (χ2n) is 8.31. The summed E-state index contributed by atoms with van der Waals surface area (Å²) in [6, 6.07) is 13.5. The summed E-state index contributed by atoms with van der Waals surface area (Å²) in [5.41, 5.74) is 4.30. The lowest BCUT2D eigenvalue weighted by molar-refractivity contribution is -0.118. The Labute approximate surface area is 192 Å². The van der Waals surface area contributed by atoms with Crippen LogP contribution in [0.3, 0.4) is 0 Å². The highest BCUT2D eigenvalue weighted by Crippen LogP contribution is 2.30. The van der Waals surface area contributed by atoms with Crippen LogP contribution in [0.4, 0.5) is 22.9 Å². The summed E-state index contributed by atoms with van der Waals surface area (Å²) in [5.74, 6) is 0.859. The molecule has 2 aliphatic heterocycles. The number of para-hydroxylation sites is 1. The van der Waals surface area contributed by atoms with E-state index in [1.807, 2.05) is 42.5 Å². The molecule has 2 aromatic carbocycles. The first kappa shape index (κ1) is 20.9. The summed E-state index contributed by atoms with van der Waals surface area (Å²) >= 11 is 0. The molecule has 168 valence electrons. The Hall–Kier alpha value is -3.94. The van der Waals surface area contributed by atoms with Crippen molar-refractivity contribution in [2.75, 3.05) is 53.2 Å². The topological polar surface area (TPSA) is 81.7 Å². The minimum absolute atomic E-state index is 0.118. The van der Waals surface area contributed by atoms with Crippen LogP contribution in [0.25, 0.3) is 0 Å². The third kappa shape index (κ3) is 4.24. The lowest BCUT2D eigenvalue weighted by Gasteiger charge is -2.37. The Morgan fingerprint density at radius 3 is 2.52 bits per heavy atom. The Kier molecular flexibility index (Phi) is 5.64. The summed E-state index contributed by atoms with van der Waals surface area (Å²) in [7, 11) is 1.79. The molecule has 1 N–H and O–H groups in total. The molecule has 8 nitrogen and oxygen atoms in total. The number of rotatable bonds is 4. The minimum Gasteiger partial charge on any atom is -0.367 e. The summed E-state index contributed by atoms with van der Waals surface area (Å²) in [4.78, 5) is 39.8. The van der Waals surface area contributed by atoms with Gasteiger partial charge in [-0.05, 0) is 42.3 Å².